The second-order valence-electron chi connectivity index (χ2n) is 7.86. The van der Waals surface area contributed by atoms with E-state index in [2.05, 4.69) is 28.1 Å². The molecular weight excluding hydrogens is 442 g/mol. The number of ether oxygens (including phenoxy) is 1. The molecule has 4 aromatic rings. The van der Waals surface area contributed by atoms with Crippen LogP contribution in [0.4, 0.5) is 11.4 Å². The second-order valence-corrected chi connectivity index (χ2v) is 7.86. The first-order valence-electron chi connectivity index (χ1n) is 11.4. The van der Waals surface area contributed by atoms with Gasteiger partial charge in [-0.15, -0.1) is 0 Å². The Kier molecular flexibility index (Phi) is 8.16. The van der Waals surface area contributed by atoms with Crippen molar-refractivity contribution in [3.05, 3.63) is 114 Å². The Balaban J connectivity index is 1.23. The predicted octanol–water partition coefficient (Wildman–Crippen LogP) is 4.88. The van der Waals surface area contributed by atoms with E-state index >= 15 is 0 Å². The molecule has 3 N–H and O–H groups in total. The van der Waals surface area contributed by atoms with Crippen LogP contribution < -0.4 is 20.7 Å². The van der Waals surface area contributed by atoms with Crippen molar-refractivity contribution in [3.8, 4) is 5.75 Å². The Morgan fingerprint density at radius 2 is 1.66 bits per heavy atom. The summed E-state index contributed by atoms with van der Waals surface area (Å²) in [4.78, 5) is 24.8. The van der Waals surface area contributed by atoms with Crippen LogP contribution in [-0.4, -0.2) is 25.0 Å². The van der Waals surface area contributed by atoms with E-state index in [0.29, 0.717) is 41.6 Å². The van der Waals surface area contributed by atoms with Crippen LogP contribution >= 0.6 is 0 Å². The lowest BCUT2D eigenvalue weighted by Gasteiger charge is -2.11. The average molecular weight is 470 g/mol. The molecule has 3 aromatic carbocycles. The zero-order chi connectivity index (χ0) is 24.3. The maximum absolute atomic E-state index is 12.4. The molecule has 7 heteroatoms. The molecule has 2 amide bonds. The highest BCUT2D eigenvalue weighted by atomic mass is 16.5. The summed E-state index contributed by atoms with van der Waals surface area (Å²) in [5.74, 6) is 0.938. The first kappa shape index (κ1) is 23.6. The van der Waals surface area contributed by atoms with Crippen LogP contribution in [0.3, 0.4) is 0 Å². The molecule has 0 aliphatic rings. The van der Waals surface area contributed by atoms with Gasteiger partial charge in [0.15, 0.2) is 0 Å². The van der Waals surface area contributed by atoms with Gasteiger partial charge >= 0.3 is 0 Å². The van der Waals surface area contributed by atoms with E-state index in [-0.39, 0.29) is 18.4 Å². The van der Waals surface area contributed by atoms with Crippen molar-refractivity contribution in [2.24, 2.45) is 0 Å². The number of amides is 2. The van der Waals surface area contributed by atoms with Gasteiger partial charge in [0.1, 0.15) is 11.5 Å². The average Bonchev–Trinajstić information content (AvgIpc) is 3.41. The van der Waals surface area contributed by atoms with E-state index in [4.69, 9.17) is 9.15 Å². The lowest BCUT2D eigenvalue weighted by molar-refractivity contribution is -0.114. The highest BCUT2D eigenvalue weighted by Crippen LogP contribution is 2.18. The fourth-order valence-corrected chi connectivity index (χ4v) is 3.44. The SMILES string of the molecule is O=C(CNc1cccc(C(=O)NCc2ccco2)c1)Nc1cccc(OCCc2ccccc2)c1. The number of carbonyl (C=O) groups is 2. The van der Waals surface area contributed by atoms with Crippen LogP contribution in [0.2, 0.25) is 0 Å². The van der Waals surface area contributed by atoms with E-state index in [1.807, 2.05) is 36.4 Å². The number of benzene rings is 3. The molecule has 0 radical (unpaired) electrons. The van der Waals surface area contributed by atoms with Gasteiger partial charge in [0.05, 0.1) is 26.0 Å². The van der Waals surface area contributed by atoms with Gasteiger partial charge in [-0.25, -0.2) is 0 Å². The number of nitrogens with one attached hydrogen (secondary N) is 3. The monoisotopic (exact) mass is 469 g/mol. The number of carbonyl (C=O) groups excluding carboxylic acids is 2. The molecule has 0 bridgehead atoms. The Labute approximate surface area is 204 Å². The van der Waals surface area contributed by atoms with Gasteiger partial charge in [-0.2, -0.15) is 0 Å². The van der Waals surface area contributed by atoms with Crippen LogP contribution in [0.25, 0.3) is 0 Å². The minimum Gasteiger partial charge on any atom is -0.493 e. The van der Waals surface area contributed by atoms with Crippen LogP contribution in [-0.2, 0) is 17.8 Å². The van der Waals surface area contributed by atoms with Crippen LogP contribution in [0.1, 0.15) is 21.7 Å². The molecule has 0 fully saturated rings. The number of hydrogen-bond donors (Lipinski definition) is 3. The minimum atomic E-state index is -0.224. The van der Waals surface area contributed by atoms with E-state index in [0.717, 1.165) is 6.42 Å². The molecule has 0 aliphatic carbocycles. The maximum Gasteiger partial charge on any atom is 0.251 e. The van der Waals surface area contributed by atoms with Crippen molar-refractivity contribution in [1.29, 1.82) is 0 Å². The van der Waals surface area contributed by atoms with Gasteiger partial charge < -0.3 is 25.1 Å². The molecule has 4 rings (SSSR count). The number of anilines is 2. The Bertz CT molecular complexity index is 1240. The highest BCUT2D eigenvalue weighted by Gasteiger charge is 2.08. The van der Waals surface area contributed by atoms with Gasteiger partial charge in [0, 0.05) is 29.4 Å². The smallest absolute Gasteiger partial charge is 0.251 e. The van der Waals surface area contributed by atoms with Gasteiger partial charge in [-0.3, -0.25) is 9.59 Å². The van der Waals surface area contributed by atoms with E-state index in [1.54, 1.807) is 48.7 Å². The van der Waals surface area contributed by atoms with E-state index < -0.39 is 0 Å². The third-order valence-corrected chi connectivity index (χ3v) is 5.20. The second kappa shape index (κ2) is 12.1. The first-order valence-corrected chi connectivity index (χ1v) is 11.4. The van der Waals surface area contributed by atoms with Crippen molar-refractivity contribution in [2.75, 3.05) is 23.8 Å². The van der Waals surface area contributed by atoms with E-state index in [9.17, 15) is 9.59 Å². The van der Waals surface area contributed by atoms with Crippen LogP contribution in [0.15, 0.2) is 102 Å². The van der Waals surface area contributed by atoms with Crippen LogP contribution in [0.5, 0.6) is 5.75 Å². The molecule has 0 saturated heterocycles. The molecule has 0 atom stereocenters. The molecule has 1 aromatic heterocycles. The minimum absolute atomic E-state index is 0.0521. The summed E-state index contributed by atoms with van der Waals surface area (Å²) >= 11 is 0. The third-order valence-electron chi connectivity index (χ3n) is 5.20. The quantitative estimate of drug-likeness (QED) is 0.291. The summed E-state index contributed by atoms with van der Waals surface area (Å²) in [6.07, 6.45) is 2.37. The zero-order valence-electron chi connectivity index (χ0n) is 19.2. The van der Waals surface area contributed by atoms with Gasteiger partial charge in [-0.1, -0.05) is 42.5 Å². The molecule has 35 heavy (non-hydrogen) atoms. The predicted molar refractivity (Wildman–Crippen MR) is 136 cm³/mol. The molecule has 0 unspecified atom stereocenters. The molecular formula is C28H27N3O4. The fourth-order valence-electron chi connectivity index (χ4n) is 3.44. The molecule has 0 aliphatic heterocycles. The summed E-state index contributed by atoms with van der Waals surface area (Å²) in [5.41, 5.74) is 3.02. The summed E-state index contributed by atoms with van der Waals surface area (Å²) in [5, 5.41) is 8.72. The maximum atomic E-state index is 12.4. The molecule has 0 spiro atoms. The molecule has 0 saturated carbocycles. The summed E-state index contributed by atoms with van der Waals surface area (Å²) in [6.45, 7) is 0.909. The third kappa shape index (κ3) is 7.50. The van der Waals surface area contributed by atoms with Crippen molar-refractivity contribution >= 4 is 23.2 Å². The van der Waals surface area contributed by atoms with Crippen molar-refractivity contribution in [2.45, 2.75) is 13.0 Å². The lowest BCUT2D eigenvalue weighted by Crippen LogP contribution is -2.23. The van der Waals surface area contributed by atoms with Gasteiger partial charge in [-0.05, 0) is 48.0 Å². The number of rotatable bonds is 11. The summed E-state index contributed by atoms with van der Waals surface area (Å²) < 4.78 is 11.1. The standard InChI is InChI=1S/C28H27N3O4/c32-27(31-24-11-5-12-25(18-24)35-16-14-21-7-2-1-3-8-21)20-29-23-10-4-9-22(17-23)28(33)30-19-26-13-6-15-34-26/h1-13,15,17-18,29H,14,16,19-20H2,(H,30,33)(H,31,32). The van der Waals surface area contributed by atoms with Crippen molar-refractivity contribution < 1.29 is 18.7 Å². The lowest BCUT2D eigenvalue weighted by atomic mass is 10.2. The number of furan rings is 1. The Morgan fingerprint density at radius 1 is 0.829 bits per heavy atom. The van der Waals surface area contributed by atoms with E-state index in [1.165, 1.54) is 5.56 Å². The normalized spacial score (nSPS) is 10.4. The largest absolute Gasteiger partial charge is 0.493 e. The highest BCUT2D eigenvalue weighted by molar-refractivity contribution is 5.96. The molecule has 1 heterocycles. The Hall–Kier alpha value is -4.52. The topological polar surface area (TPSA) is 92.6 Å². The Morgan fingerprint density at radius 3 is 2.49 bits per heavy atom. The van der Waals surface area contributed by atoms with Crippen LogP contribution in [0, 0.1) is 0 Å². The number of hydrogen-bond acceptors (Lipinski definition) is 5. The summed E-state index contributed by atoms with van der Waals surface area (Å²) in [7, 11) is 0. The molecule has 178 valence electrons. The van der Waals surface area contributed by atoms with Crippen molar-refractivity contribution in [3.63, 3.8) is 0 Å². The first-order chi connectivity index (χ1) is 17.2. The van der Waals surface area contributed by atoms with Gasteiger partial charge in [0.2, 0.25) is 5.91 Å². The zero-order valence-corrected chi connectivity index (χ0v) is 19.2. The fraction of sp³-hybridized carbons (Fsp3) is 0.143. The summed E-state index contributed by atoms with van der Waals surface area (Å²) in [6, 6.07) is 28.0. The van der Waals surface area contributed by atoms with Crippen molar-refractivity contribution in [1.82, 2.24) is 5.32 Å². The van der Waals surface area contributed by atoms with Gasteiger partial charge in [0.25, 0.3) is 5.91 Å². The molecule has 7 nitrogen and oxygen atoms in total.